The molecule has 32 heavy (non-hydrogen) atoms. The van der Waals surface area contributed by atoms with Crippen molar-refractivity contribution in [2.24, 2.45) is 11.8 Å². The number of aromatic amines is 1. The van der Waals surface area contributed by atoms with Crippen molar-refractivity contribution < 1.29 is 11.0 Å². The van der Waals surface area contributed by atoms with Crippen LogP contribution in [0, 0.1) is 11.8 Å². The number of halogens is 1. The first-order valence-corrected chi connectivity index (χ1v) is 12.4. The Morgan fingerprint density at radius 1 is 1.16 bits per heavy atom. The lowest BCUT2D eigenvalue weighted by atomic mass is 9.79. The van der Waals surface area contributed by atoms with Gasteiger partial charge in [-0.05, 0) is 87.5 Å². The highest BCUT2D eigenvalue weighted by atomic mass is 35.5. The maximum Gasteiger partial charge on any atom is 0.252 e. The van der Waals surface area contributed by atoms with E-state index in [0.29, 0.717) is 17.2 Å². The van der Waals surface area contributed by atoms with Crippen molar-refractivity contribution in [1.82, 2.24) is 20.1 Å². The summed E-state index contributed by atoms with van der Waals surface area (Å²) in [6.45, 7) is 3.89. The van der Waals surface area contributed by atoms with Gasteiger partial charge in [-0.3, -0.25) is 9.59 Å². The topological polar surface area (TPSA) is 68.4 Å². The zero-order chi connectivity index (χ0) is 22.5. The first kappa shape index (κ1) is 23.5. The molecular weight excluding hydrogens is 444 g/mol. The number of rotatable bonds is 6. The van der Waals surface area contributed by atoms with E-state index in [0.717, 1.165) is 42.8 Å². The van der Waals surface area contributed by atoms with E-state index in [1.54, 1.807) is 6.07 Å². The lowest BCUT2D eigenvalue weighted by Gasteiger charge is -2.40. The van der Waals surface area contributed by atoms with Crippen LogP contribution in [0.1, 0.15) is 37.4 Å². The molecule has 0 bridgehead atoms. The zero-order valence-corrected chi connectivity index (χ0v) is 20.4. The molecule has 2 saturated heterocycles. The number of nitrogens with zero attached hydrogens (tertiary/aromatic N) is 2. The smallest absolute Gasteiger partial charge is 0.252 e. The fourth-order valence-electron chi connectivity index (χ4n) is 5.03. The number of likely N-dealkylation sites (tertiary alicyclic amines) is 2. The molecule has 4 rings (SSSR count). The second kappa shape index (κ2) is 11.4. The first-order valence-electron chi connectivity index (χ1n) is 12.0. The van der Waals surface area contributed by atoms with Crippen LogP contribution in [0.15, 0.2) is 30.5 Å². The van der Waals surface area contributed by atoms with Crippen molar-refractivity contribution in [3.8, 4) is 0 Å². The van der Waals surface area contributed by atoms with Crippen LogP contribution in [-0.2, 0) is 4.79 Å². The summed E-state index contributed by atoms with van der Waals surface area (Å²) in [5.74, 6) is 1.65. The van der Waals surface area contributed by atoms with Gasteiger partial charge in [-0.2, -0.15) is 11.8 Å². The number of hydrogen-bond donors (Lipinski definition) is 2. The molecule has 1 aromatic heterocycles. The average molecular weight is 480 g/mol. The molecule has 0 saturated carbocycles. The van der Waals surface area contributed by atoms with Gasteiger partial charge in [-0.15, -0.1) is 12.4 Å². The van der Waals surface area contributed by atoms with Crippen LogP contribution < -0.4 is 5.32 Å². The van der Waals surface area contributed by atoms with Crippen LogP contribution in [-0.4, -0.2) is 77.9 Å². The number of fused-ring (bicyclic) bond motifs is 1. The molecule has 2 fully saturated rings. The Bertz CT molecular complexity index is 926. The minimum Gasteiger partial charge on any atom is -0.361 e. The Kier molecular flexibility index (Phi) is 8.38. The van der Waals surface area contributed by atoms with Gasteiger partial charge < -0.3 is 20.1 Å². The summed E-state index contributed by atoms with van der Waals surface area (Å²) in [4.78, 5) is 33.6. The van der Waals surface area contributed by atoms with Crippen LogP contribution in [0.5, 0.6) is 0 Å². The molecule has 6 nitrogen and oxygen atoms in total. The van der Waals surface area contributed by atoms with Crippen LogP contribution in [0.25, 0.3) is 10.9 Å². The number of amides is 2. The summed E-state index contributed by atoms with van der Waals surface area (Å²) in [6.07, 6.45) is 6.65. The molecule has 2 aliphatic heterocycles. The molecule has 8 heteroatoms. The van der Waals surface area contributed by atoms with Crippen LogP contribution in [0.4, 0.5) is 0 Å². The highest BCUT2D eigenvalue weighted by Gasteiger charge is 2.33. The van der Waals surface area contributed by atoms with Crippen molar-refractivity contribution >= 4 is 46.9 Å². The Hall–Kier alpha value is -1.70. The number of thioether (sulfide) groups is 1. The molecule has 0 unspecified atom stereocenters. The third-order valence-electron chi connectivity index (χ3n) is 6.99. The summed E-state index contributed by atoms with van der Waals surface area (Å²) >= 11 is 1.37. The largest absolute Gasteiger partial charge is 0.361 e. The lowest BCUT2D eigenvalue weighted by molar-refractivity contribution is -0.134. The normalized spacial score (nSPS) is 19.9. The summed E-state index contributed by atoms with van der Waals surface area (Å²) in [7, 11) is 2.19. The van der Waals surface area contributed by atoms with Crippen molar-refractivity contribution in [1.29, 1.82) is 0 Å². The van der Waals surface area contributed by atoms with Gasteiger partial charge in [0.05, 0.1) is 0 Å². The first-order chi connectivity index (χ1) is 15.5. The molecule has 0 radical (unpaired) electrons. The minimum atomic E-state index is -0.600. The number of aromatic nitrogens is 1. The molecule has 2 aliphatic rings. The average Bonchev–Trinajstić information content (AvgIpc) is 3.30. The maximum absolute atomic E-state index is 13.3. The van der Waals surface area contributed by atoms with Gasteiger partial charge in [0, 0.05) is 37.5 Å². The van der Waals surface area contributed by atoms with E-state index in [1.165, 1.54) is 37.7 Å². The van der Waals surface area contributed by atoms with Crippen LogP contribution >= 0.6 is 24.2 Å². The highest BCUT2D eigenvalue weighted by molar-refractivity contribution is 7.98. The molecular formula is C24H35ClN4O2S. The zero-order valence-electron chi connectivity index (χ0n) is 19.7. The molecule has 2 N–H and O–H groups in total. The monoisotopic (exact) mass is 479 g/mol. The van der Waals surface area contributed by atoms with E-state index >= 15 is 0 Å². The van der Waals surface area contributed by atoms with Gasteiger partial charge >= 0.3 is 0 Å². The van der Waals surface area contributed by atoms with Gasteiger partial charge in [0.15, 0.2) is 0 Å². The van der Waals surface area contributed by atoms with Crippen molar-refractivity contribution in [3.63, 3.8) is 0 Å². The number of nitrogens with one attached hydrogen (secondary N) is 2. The maximum atomic E-state index is 13.3. The summed E-state index contributed by atoms with van der Waals surface area (Å²) < 4.78 is 7.47. The van der Waals surface area contributed by atoms with Gasteiger partial charge in [0.1, 0.15) is 6.04 Å². The number of piperidine rings is 2. The van der Waals surface area contributed by atoms with E-state index in [9.17, 15) is 9.59 Å². The number of carbonyl (C=O) groups excluding carboxylic acids is 2. The van der Waals surface area contributed by atoms with E-state index in [2.05, 4.69) is 22.2 Å². The Balaban J connectivity index is 0.00000306. The molecule has 1 atom stereocenters. The lowest BCUT2D eigenvalue weighted by Crippen LogP contribution is -2.52. The Morgan fingerprint density at radius 2 is 1.84 bits per heavy atom. The molecule has 3 heterocycles. The third kappa shape index (κ3) is 5.80. The van der Waals surface area contributed by atoms with Gasteiger partial charge in [-0.1, -0.05) is 6.07 Å². The quantitative estimate of drug-likeness (QED) is 0.663. The molecule has 2 aromatic rings. The van der Waals surface area contributed by atoms with Gasteiger partial charge in [0.2, 0.25) is 5.91 Å². The molecule has 1 aromatic carbocycles. The van der Waals surface area contributed by atoms with E-state index in [1.807, 2.05) is 29.3 Å². The number of benzene rings is 1. The minimum absolute atomic E-state index is 0. The van der Waals surface area contributed by atoms with Crippen LogP contribution in [0.2, 0.25) is 0 Å². The van der Waals surface area contributed by atoms with Gasteiger partial charge in [-0.25, -0.2) is 0 Å². The van der Waals surface area contributed by atoms with Crippen molar-refractivity contribution in [3.05, 3.63) is 36.0 Å². The van der Waals surface area contributed by atoms with E-state index in [-0.39, 0.29) is 30.5 Å². The summed E-state index contributed by atoms with van der Waals surface area (Å²) in [5.41, 5.74) is 1.44. The molecule has 0 aliphatic carbocycles. The predicted molar refractivity (Wildman–Crippen MR) is 135 cm³/mol. The highest BCUT2D eigenvalue weighted by Crippen LogP contribution is 2.32. The number of carbonyl (C=O) groups is 2. The standard InChI is InChI=1S/C24H34N4O2S.ClH/c1-27-11-6-17(7-12-27)18-8-13-28(14-9-18)24(30)22(16-31-2)26-23(29)20-4-3-19-5-10-25-21(19)15-20;/h3-5,10,15,17-18,22,25H,6-9,11-14,16H2,1-2H3,(H,26,29);1H/t22-;/m0./s1/i2D;. The van der Waals surface area contributed by atoms with Gasteiger partial charge in [0.25, 0.3) is 5.91 Å². The van der Waals surface area contributed by atoms with E-state index in [4.69, 9.17) is 1.37 Å². The second-order valence-electron chi connectivity index (χ2n) is 8.98. The summed E-state index contributed by atoms with van der Waals surface area (Å²) in [5, 5.41) is 4.00. The number of H-pyrrole nitrogens is 1. The van der Waals surface area contributed by atoms with E-state index < -0.39 is 6.04 Å². The molecule has 0 spiro atoms. The van der Waals surface area contributed by atoms with Crippen LogP contribution in [0.3, 0.4) is 0 Å². The second-order valence-corrected chi connectivity index (χ2v) is 9.72. The third-order valence-corrected chi connectivity index (χ3v) is 7.56. The fourth-order valence-corrected chi connectivity index (χ4v) is 5.50. The predicted octanol–water partition coefficient (Wildman–Crippen LogP) is 3.63. The van der Waals surface area contributed by atoms with Crippen molar-refractivity contribution in [2.75, 3.05) is 45.2 Å². The Morgan fingerprint density at radius 3 is 2.53 bits per heavy atom. The summed E-state index contributed by atoms with van der Waals surface area (Å²) in [6, 6.07) is 6.87. The number of hydrogen-bond acceptors (Lipinski definition) is 4. The molecule has 2 amide bonds. The molecule has 176 valence electrons. The Labute approximate surface area is 202 Å². The fraction of sp³-hybridized carbons (Fsp3) is 0.583. The SMILES string of the molecule is Cl.[2H]CSC[C@H](NC(=O)c1ccc2cc[nH]c2c1)C(=O)N1CCC(C2CCN(C)CC2)CC1. The van der Waals surface area contributed by atoms with Crippen molar-refractivity contribution in [2.45, 2.75) is 31.7 Å².